The standard InChI is InChI=1S/C25H17F3N4O4S/c1-2-37(33,34)20-10-9-14(13-30-20)35-19-12-18-22(32-25(31-18)17-8-3-4-11-29-17)24(21(19)28)36-23-15(26)6-5-7-16(23)27/h3-13H,2H2,1H3,(H,31,32). The average molecular weight is 526 g/mol. The fourth-order valence-corrected chi connectivity index (χ4v) is 4.22. The number of pyridine rings is 2. The molecule has 0 atom stereocenters. The number of rotatable bonds is 7. The van der Waals surface area contributed by atoms with Gasteiger partial charge in [0.25, 0.3) is 0 Å². The minimum atomic E-state index is -3.55. The van der Waals surface area contributed by atoms with Crippen LogP contribution in [-0.4, -0.2) is 34.1 Å². The molecule has 188 valence electrons. The molecular weight excluding hydrogens is 509 g/mol. The molecule has 2 aromatic carbocycles. The van der Waals surface area contributed by atoms with Crippen LogP contribution >= 0.6 is 0 Å². The molecule has 3 aromatic heterocycles. The first-order chi connectivity index (χ1) is 17.8. The lowest BCUT2D eigenvalue weighted by atomic mass is 10.2. The van der Waals surface area contributed by atoms with Crippen LogP contribution in [0.1, 0.15) is 6.92 Å². The summed E-state index contributed by atoms with van der Waals surface area (Å²) in [7, 11) is -3.55. The molecule has 0 amide bonds. The molecule has 0 aliphatic rings. The number of aromatic nitrogens is 4. The van der Waals surface area contributed by atoms with Gasteiger partial charge in [-0.15, -0.1) is 0 Å². The zero-order valence-electron chi connectivity index (χ0n) is 19.1. The number of hydrogen-bond donors (Lipinski definition) is 1. The monoisotopic (exact) mass is 526 g/mol. The highest BCUT2D eigenvalue weighted by atomic mass is 32.2. The highest BCUT2D eigenvalue weighted by Gasteiger charge is 2.24. The number of halogens is 3. The summed E-state index contributed by atoms with van der Waals surface area (Å²) in [5.41, 5.74) is 0.596. The zero-order chi connectivity index (χ0) is 26.2. The predicted octanol–water partition coefficient (Wildman–Crippen LogP) is 5.82. The van der Waals surface area contributed by atoms with Gasteiger partial charge < -0.3 is 14.5 Å². The summed E-state index contributed by atoms with van der Waals surface area (Å²) in [4.78, 5) is 15.4. The molecule has 0 saturated heterocycles. The first-order valence-corrected chi connectivity index (χ1v) is 12.5. The number of nitrogens with one attached hydrogen (secondary N) is 1. The van der Waals surface area contributed by atoms with E-state index in [1.54, 1.807) is 24.4 Å². The maximum Gasteiger partial charge on any atom is 0.210 e. The fraction of sp³-hybridized carbons (Fsp3) is 0.0800. The Balaban J connectivity index is 1.62. The molecule has 8 nitrogen and oxygen atoms in total. The van der Waals surface area contributed by atoms with E-state index in [2.05, 4.69) is 19.9 Å². The van der Waals surface area contributed by atoms with E-state index in [0.29, 0.717) is 5.69 Å². The number of hydrogen-bond acceptors (Lipinski definition) is 7. The fourth-order valence-electron chi connectivity index (χ4n) is 3.43. The van der Waals surface area contributed by atoms with Crippen molar-refractivity contribution in [3.63, 3.8) is 0 Å². The summed E-state index contributed by atoms with van der Waals surface area (Å²) in [5.74, 6) is -4.86. The van der Waals surface area contributed by atoms with Gasteiger partial charge in [0.1, 0.15) is 17.0 Å². The number of aromatic amines is 1. The first kappa shape index (κ1) is 24.3. The molecule has 12 heteroatoms. The van der Waals surface area contributed by atoms with Crippen LogP contribution in [0.25, 0.3) is 22.6 Å². The van der Waals surface area contributed by atoms with E-state index < -0.39 is 38.8 Å². The van der Waals surface area contributed by atoms with Gasteiger partial charge in [0, 0.05) is 12.3 Å². The Kier molecular flexibility index (Phi) is 6.25. The second-order valence-corrected chi connectivity index (χ2v) is 9.93. The Morgan fingerprint density at radius 1 is 0.919 bits per heavy atom. The lowest BCUT2D eigenvalue weighted by Crippen LogP contribution is -2.05. The summed E-state index contributed by atoms with van der Waals surface area (Å²) in [6, 6.07) is 12.0. The average Bonchev–Trinajstić information content (AvgIpc) is 3.33. The van der Waals surface area contributed by atoms with Gasteiger partial charge in [-0.25, -0.2) is 27.2 Å². The van der Waals surface area contributed by atoms with Crippen LogP contribution in [0.2, 0.25) is 0 Å². The molecule has 0 saturated carbocycles. The van der Waals surface area contributed by atoms with Gasteiger partial charge in [0.2, 0.25) is 5.82 Å². The Labute approximate surface area is 208 Å². The predicted molar refractivity (Wildman–Crippen MR) is 128 cm³/mol. The van der Waals surface area contributed by atoms with Crippen LogP contribution in [0.15, 0.2) is 72.0 Å². The summed E-state index contributed by atoms with van der Waals surface area (Å²) < 4.78 is 79.4. The molecule has 37 heavy (non-hydrogen) atoms. The minimum Gasteiger partial charge on any atom is -0.452 e. The third-order valence-corrected chi connectivity index (χ3v) is 6.94. The topological polar surface area (TPSA) is 107 Å². The molecular formula is C25H17F3N4O4S. The Hall–Kier alpha value is -4.45. The maximum atomic E-state index is 15.7. The van der Waals surface area contributed by atoms with Gasteiger partial charge in [-0.1, -0.05) is 19.1 Å². The highest BCUT2D eigenvalue weighted by molar-refractivity contribution is 7.91. The third-order valence-electron chi connectivity index (χ3n) is 5.30. The van der Waals surface area contributed by atoms with Crippen molar-refractivity contribution in [3.05, 3.63) is 84.4 Å². The molecule has 0 bridgehead atoms. The van der Waals surface area contributed by atoms with Crippen LogP contribution in [0.3, 0.4) is 0 Å². The Morgan fingerprint density at radius 3 is 2.35 bits per heavy atom. The minimum absolute atomic E-state index is 0.0146. The van der Waals surface area contributed by atoms with Crippen molar-refractivity contribution in [2.24, 2.45) is 0 Å². The van der Waals surface area contributed by atoms with E-state index in [0.717, 1.165) is 24.4 Å². The third kappa shape index (κ3) is 4.70. The van der Waals surface area contributed by atoms with Crippen LogP contribution in [0.4, 0.5) is 13.2 Å². The molecule has 3 heterocycles. The maximum absolute atomic E-state index is 15.7. The summed E-state index contributed by atoms with van der Waals surface area (Å²) >= 11 is 0. The van der Waals surface area contributed by atoms with Crippen molar-refractivity contribution in [3.8, 4) is 34.5 Å². The van der Waals surface area contributed by atoms with Gasteiger partial charge in [-0.05, 0) is 36.4 Å². The summed E-state index contributed by atoms with van der Waals surface area (Å²) in [5, 5.41) is -0.161. The Morgan fingerprint density at radius 2 is 1.70 bits per heavy atom. The number of H-pyrrole nitrogens is 1. The molecule has 0 aliphatic carbocycles. The number of imidazole rings is 1. The van der Waals surface area contributed by atoms with E-state index in [1.807, 2.05) is 0 Å². The quantitative estimate of drug-likeness (QED) is 0.285. The van der Waals surface area contributed by atoms with Crippen LogP contribution in [0, 0.1) is 17.5 Å². The number of benzene rings is 2. The first-order valence-electron chi connectivity index (χ1n) is 10.9. The van der Waals surface area contributed by atoms with E-state index >= 15 is 4.39 Å². The van der Waals surface area contributed by atoms with Crippen LogP contribution in [-0.2, 0) is 9.84 Å². The van der Waals surface area contributed by atoms with Crippen molar-refractivity contribution in [2.75, 3.05) is 5.75 Å². The smallest absolute Gasteiger partial charge is 0.210 e. The summed E-state index contributed by atoms with van der Waals surface area (Å²) in [6.07, 6.45) is 2.66. The molecule has 0 radical (unpaired) electrons. The number of ether oxygens (including phenoxy) is 2. The molecule has 1 N–H and O–H groups in total. The van der Waals surface area contributed by atoms with Crippen molar-refractivity contribution >= 4 is 20.9 Å². The van der Waals surface area contributed by atoms with E-state index in [-0.39, 0.29) is 39.1 Å². The molecule has 0 fully saturated rings. The lowest BCUT2D eigenvalue weighted by Gasteiger charge is -2.13. The van der Waals surface area contributed by atoms with E-state index in [9.17, 15) is 17.2 Å². The van der Waals surface area contributed by atoms with Gasteiger partial charge in [0.05, 0.1) is 17.5 Å². The van der Waals surface area contributed by atoms with Gasteiger partial charge >= 0.3 is 0 Å². The number of nitrogens with zero attached hydrogens (tertiary/aromatic N) is 3. The molecule has 0 unspecified atom stereocenters. The van der Waals surface area contributed by atoms with Gasteiger partial charge in [0.15, 0.2) is 49.6 Å². The largest absolute Gasteiger partial charge is 0.452 e. The van der Waals surface area contributed by atoms with E-state index in [4.69, 9.17) is 9.47 Å². The van der Waals surface area contributed by atoms with Crippen molar-refractivity contribution in [1.29, 1.82) is 0 Å². The number of para-hydroxylation sites is 1. The van der Waals surface area contributed by atoms with Crippen molar-refractivity contribution in [2.45, 2.75) is 11.9 Å². The van der Waals surface area contributed by atoms with Crippen molar-refractivity contribution in [1.82, 2.24) is 19.9 Å². The second kappa shape index (κ2) is 9.54. The number of fused-ring (bicyclic) bond motifs is 1. The SMILES string of the molecule is CCS(=O)(=O)c1ccc(Oc2cc3[nH]c(-c4ccccn4)nc3c(Oc3c(F)cccc3F)c2F)cn1. The zero-order valence-corrected chi connectivity index (χ0v) is 19.9. The lowest BCUT2D eigenvalue weighted by molar-refractivity contribution is 0.375. The molecule has 0 aliphatic heterocycles. The Bertz CT molecular complexity index is 1690. The molecule has 5 rings (SSSR count). The second-order valence-electron chi connectivity index (χ2n) is 7.70. The molecule has 0 spiro atoms. The summed E-state index contributed by atoms with van der Waals surface area (Å²) in [6.45, 7) is 1.48. The van der Waals surface area contributed by atoms with Gasteiger partial charge in [-0.2, -0.15) is 4.39 Å². The van der Waals surface area contributed by atoms with Gasteiger partial charge in [-0.3, -0.25) is 4.98 Å². The van der Waals surface area contributed by atoms with Crippen LogP contribution in [0.5, 0.6) is 23.0 Å². The van der Waals surface area contributed by atoms with Crippen molar-refractivity contribution < 1.29 is 31.1 Å². The number of sulfone groups is 1. The highest BCUT2D eigenvalue weighted by Crippen LogP contribution is 2.40. The van der Waals surface area contributed by atoms with E-state index in [1.165, 1.54) is 25.1 Å². The normalized spacial score (nSPS) is 11.6. The van der Waals surface area contributed by atoms with Crippen LogP contribution < -0.4 is 9.47 Å². The molecule has 5 aromatic rings.